The summed E-state index contributed by atoms with van der Waals surface area (Å²) >= 11 is 6.19. The average Bonchev–Trinajstić information content (AvgIpc) is 2.85. The number of nitrogens with one attached hydrogen (secondary N) is 1. The van der Waals surface area contributed by atoms with Crippen LogP contribution in [0.1, 0.15) is 38.4 Å². The van der Waals surface area contributed by atoms with E-state index in [2.05, 4.69) is 24.3 Å². The van der Waals surface area contributed by atoms with Crippen LogP contribution in [0.3, 0.4) is 0 Å². The average molecular weight is 228 g/mol. The maximum atomic E-state index is 6.19. The maximum Gasteiger partial charge on any atom is 0.0834 e. The summed E-state index contributed by atoms with van der Waals surface area (Å²) in [5.74, 6) is 0. The Labute approximate surface area is 95.8 Å². The predicted octanol–water partition coefficient (Wildman–Crippen LogP) is 2.52. The van der Waals surface area contributed by atoms with E-state index >= 15 is 0 Å². The van der Waals surface area contributed by atoms with Gasteiger partial charge in [-0.2, -0.15) is 5.10 Å². The van der Waals surface area contributed by atoms with Crippen LogP contribution in [0.15, 0.2) is 6.20 Å². The van der Waals surface area contributed by atoms with Crippen molar-refractivity contribution in [1.82, 2.24) is 15.1 Å². The van der Waals surface area contributed by atoms with Gasteiger partial charge in [-0.25, -0.2) is 0 Å². The molecule has 1 atom stereocenters. The Morgan fingerprint density at radius 3 is 2.73 bits per heavy atom. The molecule has 1 aliphatic carbocycles. The summed E-state index contributed by atoms with van der Waals surface area (Å²) in [5.41, 5.74) is 1.49. The largest absolute Gasteiger partial charge is 0.308 e. The van der Waals surface area contributed by atoms with Crippen molar-refractivity contribution in [3.05, 3.63) is 16.9 Å². The maximum absolute atomic E-state index is 6.19. The van der Waals surface area contributed by atoms with Crippen molar-refractivity contribution in [2.24, 2.45) is 12.5 Å². The first-order valence-corrected chi connectivity index (χ1v) is 5.87. The quantitative estimate of drug-likeness (QED) is 0.857. The van der Waals surface area contributed by atoms with Crippen molar-refractivity contribution >= 4 is 11.6 Å². The summed E-state index contributed by atoms with van der Waals surface area (Å²) in [6, 6.07) is 0.336. The van der Waals surface area contributed by atoms with Crippen molar-refractivity contribution in [3.63, 3.8) is 0 Å². The number of aryl methyl sites for hydroxylation is 1. The van der Waals surface area contributed by atoms with Crippen LogP contribution in [-0.2, 0) is 7.05 Å². The SMILES string of the molecule is CCNC(c1c(Cl)cnn1C)C1(C)CC1. The van der Waals surface area contributed by atoms with Crippen molar-refractivity contribution in [2.75, 3.05) is 6.54 Å². The highest BCUT2D eigenvalue weighted by molar-refractivity contribution is 6.31. The molecule has 0 aromatic carbocycles. The van der Waals surface area contributed by atoms with Crippen molar-refractivity contribution in [1.29, 1.82) is 0 Å². The van der Waals surface area contributed by atoms with Crippen LogP contribution < -0.4 is 5.32 Å². The highest BCUT2D eigenvalue weighted by Crippen LogP contribution is 2.55. The molecule has 1 aromatic rings. The van der Waals surface area contributed by atoms with Crippen LogP contribution in [0.25, 0.3) is 0 Å². The van der Waals surface area contributed by atoms with Gasteiger partial charge >= 0.3 is 0 Å². The normalized spacial score (nSPS) is 20.3. The Morgan fingerprint density at radius 1 is 1.67 bits per heavy atom. The highest BCUT2D eigenvalue weighted by Gasteiger charge is 2.46. The molecule has 3 nitrogen and oxygen atoms in total. The zero-order valence-electron chi connectivity index (χ0n) is 9.55. The van der Waals surface area contributed by atoms with Gasteiger partial charge < -0.3 is 5.32 Å². The molecule has 1 aromatic heterocycles. The Kier molecular flexibility index (Phi) is 2.77. The number of aromatic nitrogens is 2. The van der Waals surface area contributed by atoms with Gasteiger partial charge in [-0.15, -0.1) is 0 Å². The molecule has 1 fully saturated rings. The van der Waals surface area contributed by atoms with Gasteiger partial charge in [0.2, 0.25) is 0 Å². The van der Waals surface area contributed by atoms with Gasteiger partial charge in [0.05, 0.1) is 23.0 Å². The molecule has 1 N–H and O–H groups in total. The standard InChI is InChI=1S/C11H18ClN3/c1-4-13-10(11(2)5-6-11)9-8(12)7-14-15(9)3/h7,10,13H,4-6H2,1-3H3. The lowest BCUT2D eigenvalue weighted by Crippen LogP contribution is -2.30. The third-order valence-electron chi connectivity index (χ3n) is 3.35. The smallest absolute Gasteiger partial charge is 0.0834 e. The zero-order chi connectivity index (χ0) is 11.1. The third-order valence-corrected chi connectivity index (χ3v) is 3.65. The van der Waals surface area contributed by atoms with E-state index in [0.29, 0.717) is 11.5 Å². The topological polar surface area (TPSA) is 29.9 Å². The van der Waals surface area contributed by atoms with E-state index in [1.807, 2.05) is 11.7 Å². The summed E-state index contributed by atoms with van der Waals surface area (Å²) in [6.07, 6.45) is 4.27. The number of halogens is 1. The Bertz CT molecular complexity index is 335. The van der Waals surface area contributed by atoms with Gasteiger partial charge in [-0.3, -0.25) is 4.68 Å². The molecule has 1 saturated carbocycles. The summed E-state index contributed by atoms with van der Waals surface area (Å²) < 4.78 is 1.89. The molecule has 0 amide bonds. The molecular formula is C11H18ClN3. The van der Waals surface area contributed by atoms with E-state index in [4.69, 9.17) is 11.6 Å². The first-order valence-electron chi connectivity index (χ1n) is 5.49. The van der Waals surface area contributed by atoms with E-state index in [1.165, 1.54) is 12.8 Å². The second kappa shape index (κ2) is 3.80. The second-order valence-electron chi connectivity index (χ2n) is 4.65. The fourth-order valence-corrected chi connectivity index (χ4v) is 2.38. The second-order valence-corrected chi connectivity index (χ2v) is 5.05. The first kappa shape index (κ1) is 11.0. The Morgan fingerprint density at radius 2 is 2.33 bits per heavy atom. The summed E-state index contributed by atoms with van der Waals surface area (Å²) in [5, 5.41) is 8.50. The molecule has 1 unspecified atom stereocenters. The minimum atomic E-state index is 0.336. The molecule has 1 aliphatic rings. The molecule has 4 heteroatoms. The number of nitrogens with zero attached hydrogens (tertiary/aromatic N) is 2. The minimum absolute atomic E-state index is 0.336. The van der Waals surface area contributed by atoms with E-state index in [-0.39, 0.29) is 0 Å². The Balaban J connectivity index is 2.32. The van der Waals surface area contributed by atoms with Gasteiger partial charge in [0.15, 0.2) is 0 Å². The van der Waals surface area contributed by atoms with Crippen LogP contribution in [0.2, 0.25) is 5.02 Å². The predicted molar refractivity (Wildman–Crippen MR) is 62.0 cm³/mol. The summed E-state index contributed by atoms with van der Waals surface area (Å²) in [6.45, 7) is 5.40. The fraction of sp³-hybridized carbons (Fsp3) is 0.727. The highest BCUT2D eigenvalue weighted by atomic mass is 35.5. The molecule has 0 spiro atoms. The van der Waals surface area contributed by atoms with E-state index < -0.39 is 0 Å². The van der Waals surface area contributed by atoms with Crippen LogP contribution in [0.5, 0.6) is 0 Å². The molecule has 15 heavy (non-hydrogen) atoms. The molecule has 1 heterocycles. The van der Waals surface area contributed by atoms with E-state index in [9.17, 15) is 0 Å². The minimum Gasteiger partial charge on any atom is -0.308 e. The van der Waals surface area contributed by atoms with Crippen LogP contribution in [0, 0.1) is 5.41 Å². The number of hydrogen-bond donors (Lipinski definition) is 1. The van der Waals surface area contributed by atoms with Gasteiger partial charge in [0.1, 0.15) is 0 Å². The summed E-state index contributed by atoms with van der Waals surface area (Å²) in [7, 11) is 1.96. The van der Waals surface area contributed by atoms with Crippen LogP contribution in [-0.4, -0.2) is 16.3 Å². The van der Waals surface area contributed by atoms with Crippen molar-refractivity contribution < 1.29 is 0 Å². The van der Waals surface area contributed by atoms with Gasteiger partial charge in [0.25, 0.3) is 0 Å². The molecule has 0 aliphatic heterocycles. The third kappa shape index (κ3) is 1.91. The molecule has 0 radical (unpaired) electrons. The van der Waals surface area contributed by atoms with Crippen LogP contribution in [0.4, 0.5) is 0 Å². The van der Waals surface area contributed by atoms with Crippen LogP contribution >= 0.6 is 11.6 Å². The van der Waals surface area contributed by atoms with Gasteiger partial charge in [0, 0.05) is 7.05 Å². The number of rotatable bonds is 4. The van der Waals surface area contributed by atoms with Crippen molar-refractivity contribution in [2.45, 2.75) is 32.7 Å². The molecule has 84 valence electrons. The monoisotopic (exact) mass is 227 g/mol. The molecular weight excluding hydrogens is 210 g/mol. The fourth-order valence-electron chi connectivity index (χ4n) is 2.11. The van der Waals surface area contributed by atoms with E-state index in [1.54, 1.807) is 6.20 Å². The number of hydrogen-bond acceptors (Lipinski definition) is 2. The van der Waals surface area contributed by atoms with E-state index in [0.717, 1.165) is 17.3 Å². The molecule has 0 saturated heterocycles. The zero-order valence-corrected chi connectivity index (χ0v) is 10.3. The summed E-state index contributed by atoms with van der Waals surface area (Å²) in [4.78, 5) is 0. The molecule has 0 bridgehead atoms. The Hall–Kier alpha value is -0.540. The van der Waals surface area contributed by atoms with Gasteiger partial charge in [-0.05, 0) is 24.8 Å². The first-order chi connectivity index (χ1) is 7.08. The lowest BCUT2D eigenvalue weighted by atomic mass is 9.95. The lowest BCUT2D eigenvalue weighted by Gasteiger charge is -2.25. The molecule has 2 rings (SSSR count). The lowest BCUT2D eigenvalue weighted by molar-refractivity contribution is 0.354. The van der Waals surface area contributed by atoms with Crippen molar-refractivity contribution in [3.8, 4) is 0 Å². The van der Waals surface area contributed by atoms with Gasteiger partial charge in [-0.1, -0.05) is 25.4 Å².